The van der Waals surface area contributed by atoms with Crippen molar-refractivity contribution in [2.75, 3.05) is 120 Å². The summed E-state index contributed by atoms with van der Waals surface area (Å²) in [5.41, 5.74) is 3.80. The van der Waals surface area contributed by atoms with Gasteiger partial charge in [-0.2, -0.15) is 0 Å². The van der Waals surface area contributed by atoms with Gasteiger partial charge in [0.1, 0.15) is 0 Å². The zero-order valence-corrected chi connectivity index (χ0v) is 39.3. The van der Waals surface area contributed by atoms with Crippen molar-refractivity contribution in [3.05, 3.63) is 48.5 Å². The Hall–Kier alpha value is 2.00. The molecule has 0 saturated carbocycles. The molecule has 2 nitrogen and oxygen atoms in total. The number of para-hydroxylation sites is 4. The van der Waals surface area contributed by atoms with E-state index in [4.69, 9.17) is 0 Å². The van der Waals surface area contributed by atoms with Crippen LogP contribution in [0.25, 0.3) is 22.1 Å². The van der Waals surface area contributed by atoms with E-state index < -0.39 is 0 Å². The van der Waals surface area contributed by atoms with Crippen molar-refractivity contribution >= 4 is 69.6 Å². The normalized spacial score (nSPS) is 9.20. The number of rotatable bonds is 0. The zero-order chi connectivity index (χ0) is 30.8. The topological polar surface area (TPSA) is 25.8 Å². The summed E-state index contributed by atoms with van der Waals surface area (Å²) >= 11 is 0. The summed E-state index contributed by atoms with van der Waals surface area (Å²) in [6.07, 6.45) is 0. The average molecular weight is 835 g/mol. The van der Waals surface area contributed by atoms with Gasteiger partial charge in [-0.15, -0.1) is 0 Å². The summed E-state index contributed by atoms with van der Waals surface area (Å²) in [6.45, 7) is 40.8. The van der Waals surface area contributed by atoms with Crippen molar-refractivity contribution in [1.29, 1.82) is 0 Å². The van der Waals surface area contributed by atoms with Gasteiger partial charge >= 0.3 is 0 Å². The molecule has 10 heteroatoms. The van der Waals surface area contributed by atoms with E-state index in [1.54, 1.807) is 0 Å². The fraction of sp³-hybridized carbons (Fsp3) is 0.600. The molecule has 0 bridgehead atoms. The van der Waals surface area contributed by atoms with Gasteiger partial charge in [-0.05, 0) is 71.8 Å². The van der Waals surface area contributed by atoms with Gasteiger partial charge in [0.25, 0.3) is 0 Å². The molecule has 234 valence electrons. The van der Waals surface area contributed by atoms with Crippen LogP contribution in [0.15, 0.2) is 48.5 Å². The molecule has 0 amide bonds. The van der Waals surface area contributed by atoms with Crippen molar-refractivity contribution in [3.8, 4) is 0 Å². The van der Waals surface area contributed by atoms with Gasteiger partial charge in [0.15, 0.2) is 0 Å². The van der Waals surface area contributed by atoms with Gasteiger partial charge in [-0.25, -0.2) is 9.97 Å². The Labute approximate surface area is 288 Å². The van der Waals surface area contributed by atoms with Gasteiger partial charge < -0.3 is 0 Å². The first-order valence-electron chi connectivity index (χ1n) is 13.5. The van der Waals surface area contributed by atoms with E-state index in [1.165, 1.54) is 0 Å². The molecule has 3 rings (SSSR count). The van der Waals surface area contributed by atoms with Crippen LogP contribution in [0.5, 0.6) is 0 Å². The molecule has 1 aromatic heterocycles. The van der Waals surface area contributed by atoms with Gasteiger partial charge in [-0.3, -0.25) is 0 Å². The van der Waals surface area contributed by atoms with Crippen molar-refractivity contribution < 1.29 is 42.1 Å². The summed E-state index contributed by atoms with van der Waals surface area (Å²) in [5, 5.41) is 0. The van der Waals surface area contributed by atoms with Crippen LogP contribution < -0.4 is 0 Å². The Morgan fingerprint density at radius 3 is 0.500 bits per heavy atom. The minimum absolute atomic E-state index is 0. The Bertz CT molecular complexity index is 728. The molecule has 0 fully saturated rings. The summed E-state index contributed by atoms with van der Waals surface area (Å²) in [6, 6.07) is 15.8. The standard InChI is InChI=1S/C12H8N2.6C3H9P.2Mo/c1-2-6-10-9(5-1)13-11-7-3-4-8-12(11)14-10;6*1-4(2)3;;/h1-8H;6*1-3H3;;/p+6. The molecule has 1 heterocycles. The number of aromatic nitrogens is 2. The molecule has 2 aromatic carbocycles. The van der Waals surface area contributed by atoms with E-state index in [0.29, 0.717) is 0 Å². The summed E-state index contributed by atoms with van der Waals surface area (Å²) < 4.78 is 0. The second-order valence-corrected chi connectivity index (χ2v) is 30.2. The third-order valence-corrected chi connectivity index (χ3v) is 2.25. The smallest absolute Gasteiger partial charge is 0.0894 e. The predicted molar refractivity (Wildman–Crippen MR) is 214 cm³/mol. The molecule has 0 saturated heterocycles. The minimum Gasteiger partial charge on any atom is -0.245 e. The summed E-state index contributed by atoms with van der Waals surface area (Å²) in [4.78, 5) is 9.03. The quantitative estimate of drug-likeness (QED) is 0.128. The third kappa shape index (κ3) is 59.4. The monoisotopic (exact) mass is 838 g/mol. The Kier molecular flexibility index (Phi) is 50.6. The van der Waals surface area contributed by atoms with Crippen molar-refractivity contribution in [3.63, 3.8) is 0 Å². The van der Waals surface area contributed by atoms with Crippen LogP contribution in [0, 0.1) is 0 Å². The molecular formula is C30H68Mo2N2P6+6. The predicted octanol–water partition coefficient (Wildman–Crippen LogP) is 9.32. The van der Waals surface area contributed by atoms with Gasteiger partial charge in [0.2, 0.25) is 0 Å². The van der Waals surface area contributed by atoms with Gasteiger partial charge in [0.05, 0.1) is 22.1 Å². The molecule has 0 aliphatic carbocycles. The van der Waals surface area contributed by atoms with Crippen LogP contribution in [0.3, 0.4) is 0 Å². The second-order valence-electron chi connectivity index (χ2n) is 12.2. The second kappa shape index (κ2) is 37.2. The molecule has 3 aromatic rings. The molecule has 0 spiro atoms. The van der Waals surface area contributed by atoms with Crippen LogP contribution in [-0.4, -0.2) is 130 Å². The Morgan fingerprint density at radius 1 is 0.300 bits per heavy atom. The van der Waals surface area contributed by atoms with E-state index in [1.807, 2.05) is 48.5 Å². The first kappa shape index (κ1) is 54.5. The van der Waals surface area contributed by atoms with Crippen LogP contribution in [0.1, 0.15) is 0 Å². The van der Waals surface area contributed by atoms with E-state index >= 15 is 0 Å². The molecule has 0 aliphatic heterocycles. The van der Waals surface area contributed by atoms with Crippen molar-refractivity contribution in [2.24, 2.45) is 0 Å². The number of nitrogens with zero attached hydrogens (tertiary/aromatic N) is 2. The van der Waals surface area contributed by atoms with E-state index in [0.717, 1.165) is 22.1 Å². The Morgan fingerprint density at radius 2 is 0.400 bits per heavy atom. The average Bonchev–Trinajstić information content (AvgIpc) is 2.70. The fourth-order valence-electron chi connectivity index (χ4n) is 1.57. The third-order valence-electron chi connectivity index (χ3n) is 2.25. The van der Waals surface area contributed by atoms with Crippen molar-refractivity contribution in [2.45, 2.75) is 0 Å². The first-order chi connectivity index (χ1) is 17.3. The zero-order valence-electron chi connectivity index (χ0n) is 29.3. The van der Waals surface area contributed by atoms with Crippen LogP contribution >= 0.6 is 47.5 Å². The van der Waals surface area contributed by atoms with Crippen LogP contribution in [-0.2, 0) is 42.1 Å². The number of fused-ring (bicyclic) bond motifs is 2. The van der Waals surface area contributed by atoms with E-state index in [2.05, 4.69) is 130 Å². The van der Waals surface area contributed by atoms with Gasteiger partial charge in [-0.1, -0.05) is 24.3 Å². The molecular weight excluding hydrogens is 766 g/mol. The summed E-state index contributed by atoms with van der Waals surface area (Å²) in [7, 11) is 0.722. The van der Waals surface area contributed by atoms with E-state index in [-0.39, 0.29) is 89.7 Å². The SMILES string of the molecule is C[PH+](C)C.C[PH+](C)C.C[PH+](C)C.C[PH+](C)C.C[PH+](C)C.C[PH+](C)C.[Mo].[Mo].c1ccc2nc3ccccc3nc2c1. The largest absolute Gasteiger partial charge is 0.245 e. The van der Waals surface area contributed by atoms with E-state index in [9.17, 15) is 0 Å². The molecule has 0 unspecified atom stereocenters. The maximum absolute atomic E-state index is 4.52. The summed E-state index contributed by atoms with van der Waals surface area (Å²) in [5.74, 6) is 0. The fourth-order valence-corrected chi connectivity index (χ4v) is 1.57. The molecule has 0 N–H and O–H groups in total. The Balaban J connectivity index is -0.0000000948. The maximum atomic E-state index is 4.52. The number of benzene rings is 2. The molecule has 0 radical (unpaired) electrons. The van der Waals surface area contributed by atoms with Crippen LogP contribution in [0.2, 0.25) is 0 Å². The maximum Gasteiger partial charge on any atom is 0.0894 e. The first-order valence-corrected chi connectivity index (χ1v) is 31.5. The minimum atomic E-state index is 0. The van der Waals surface area contributed by atoms with Crippen molar-refractivity contribution in [1.82, 2.24) is 9.97 Å². The molecule has 0 atom stereocenters. The number of hydrogen-bond donors (Lipinski definition) is 0. The van der Waals surface area contributed by atoms with Gasteiger partial charge in [0, 0.05) is 162 Å². The number of hydrogen-bond acceptors (Lipinski definition) is 2. The molecule has 40 heavy (non-hydrogen) atoms. The van der Waals surface area contributed by atoms with Crippen LogP contribution in [0.4, 0.5) is 0 Å². The molecule has 0 aliphatic rings.